The van der Waals surface area contributed by atoms with E-state index in [2.05, 4.69) is 15.3 Å². The number of aromatic nitrogens is 3. The van der Waals surface area contributed by atoms with E-state index in [4.69, 9.17) is 4.74 Å². The lowest BCUT2D eigenvalue weighted by Gasteiger charge is -2.09. The van der Waals surface area contributed by atoms with Crippen LogP contribution in [0.15, 0.2) is 71.5 Å². The van der Waals surface area contributed by atoms with Gasteiger partial charge in [-0.2, -0.15) is 0 Å². The first-order valence-electron chi connectivity index (χ1n) is 9.34. The molecule has 2 aromatic heterocycles. The molecule has 0 aliphatic heterocycles. The minimum Gasteiger partial charge on any atom is -0.497 e. The Morgan fingerprint density at radius 3 is 2.94 bits per heavy atom. The fourth-order valence-corrected chi connectivity index (χ4v) is 4.39. The largest absolute Gasteiger partial charge is 0.497 e. The van der Waals surface area contributed by atoms with Gasteiger partial charge in [-0.05, 0) is 12.1 Å². The Labute approximate surface area is 191 Å². The third-order valence-corrected chi connectivity index (χ3v) is 6.10. The normalized spacial score (nSPS) is 10.7. The lowest BCUT2D eigenvalue weighted by Crippen LogP contribution is -2.14. The van der Waals surface area contributed by atoms with Crippen molar-refractivity contribution < 1.29 is 14.5 Å². The smallest absolute Gasteiger partial charge is 0.270 e. The van der Waals surface area contributed by atoms with Crippen LogP contribution in [-0.2, 0) is 4.79 Å². The van der Waals surface area contributed by atoms with E-state index in [0.29, 0.717) is 21.5 Å². The minimum atomic E-state index is -0.453. The Balaban J connectivity index is 1.39. The molecule has 9 nitrogen and oxygen atoms in total. The van der Waals surface area contributed by atoms with E-state index in [1.54, 1.807) is 30.8 Å². The topological polar surface area (TPSA) is 112 Å². The van der Waals surface area contributed by atoms with Crippen molar-refractivity contribution in [3.63, 3.8) is 0 Å². The zero-order chi connectivity index (χ0) is 22.5. The molecule has 0 bridgehead atoms. The molecule has 0 aliphatic carbocycles. The molecule has 0 spiro atoms. The summed E-state index contributed by atoms with van der Waals surface area (Å²) in [5, 5.41) is 16.6. The monoisotopic (exact) mass is 467 g/mol. The zero-order valence-electron chi connectivity index (χ0n) is 16.8. The highest BCUT2D eigenvalue weighted by molar-refractivity contribution is 7.99. The summed E-state index contributed by atoms with van der Waals surface area (Å²) in [6.07, 6.45) is 3.49. The Morgan fingerprint density at radius 2 is 2.12 bits per heavy atom. The number of nitrogens with zero attached hydrogens (tertiary/aromatic N) is 4. The Kier molecular flexibility index (Phi) is 6.47. The molecular weight excluding hydrogens is 450 g/mol. The first kappa shape index (κ1) is 21.5. The molecule has 162 valence electrons. The second-order valence-corrected chi connectivity index (χ2v) is 8.26. The van der Waals surface area contributed by atoms with E-state index >= 15 is 0 Å². The summed E-state index contributed by atoms with van der Waals surface area (Å²) in [5.74, 6) is 0.649. The van der Waals surface area contributed by atoms with Gasteiger partial charge < -0.3 is 10.1 Å². The number of thioether (sulfide) groups is 1. The fourth-order valence-electron chi connectivity index (χ4n) is 2.88. The third kappa shape index (κ3) is 4.95. The van der Waals surface area contributed by atoms with Gasteiger partial charge in [0.2, 0.25) is 5.91 Å². The average molecular weight is 468 g/mol. The van der Waals surface area contributed by atoms with E-state index in [-0.39, 0.29) is 17.3 Å². The summed E-state index contributed by atoms with van der Waals surface area (Å²) in [6, 6.07) is 13.8. The van der Waals surface area contributed by atoms with Gasteiger partial charge in [-0.1, -0.05) is 30.0 Å². The maximum absolute atomic E-state index is 12.4. The summed E-state index contributed by atoms with van der Waals surface area (Å²) in [5.41, 5.74) is 2.05. The maximum atomic E-state index is 12.4. The summed E-state index contributed by atoms with van der Waals surface area (Å²) >= 11 is 2.56. The number of nitro benzene ring substituents is 1. The van der Waals surface area contributed by atoms with Crippen molar-refractivity contribution in [1.82, 2.24) is 14.5 Å². The van der Waals surface area contributed by atoms with Crippen molar-refractivity contribution in [3.05, 3.63) is 76.4 Å². The van der Waals surface area contributed by atoms with Crippen LogP contribution >= 0.6 is 23.1 Å². The Bertz CT molecular complexity index is 1270. The standard InChI is InChI=1S/C21H17N5O4S2/c1-30-17-7-3-5-15(11-17)25-9-8-22-21(25)32-13-19(27)24-20-23-18(12-31-20)14-4-2-6-16(10-14)26(28)29/h2-12H,13H2,1H3,(H,23,24,27). The van der Waals surface area contributed by atoms with Crippen LogP contribution in [0.1, 0.15) is 0 Å². The average Bonchev–Trinajstić information content (AvgIpc) is 3.47. The molecule has 0 atom stereocenters. The quantitative estimate of drug-likeness (QED) is 0.228. The van der Waals surface area contributed by atoms with Crippen molar-refractivity contribution in [2.75, 3.05) is 18.2 Å². The van der Waals surface area contributed by atoms with Gasteiger partial charge in [0.15, 0.2) is 10.3 Å². The summed E-state index contributed by atoms with van der Waals surface area (Å²) in [6.45, 7) is 0. The van der Waals surface area contributed by atoms with Crippen LogP contribution in [0.5, 0.6) is 5.75 Å². The number of hydrogen-bond acceptors (Lipinski definition) is 8. The number of anilines is 1. The number of hydrogen-bond donors (Lipinski definition) is 1. The highest BCUT2D eigenvalue weighted by Crippen LogP contribution is 2.28. The number of amides is 1. The molecule has 4 aromatic rings. The van der Waals surface area contributed by atoms with Crippen molar-refractivity contribution in [2.24, 2.45) is 0 Å². The molecule has 2 heterocycles. The second-order valence-electron chi connectivity index (χ2n) is 6.46. The molecule has 0 saturated carbocycles. The number of carbonyl (C=O) groups excluding carboxylic acids is 1. The SMILES string of the molecule is COc1cccc(-n2ccnc2SCC(=O)Nc2nc(-c3cccc([N+](=O)[O-])c3)cs2)c1. The van der Waals surface area contributed by atoms with E-state index in [0.717, 1.165) is 11.4 Å². The first-order chi connectivity index (χ1) is 15.5. The van der Waals surface area contributed by atoms with Crippen molar-refractivity contribution >= 4 is 39.8 Å². The lowest BCUT2D eigenvalue weighted by molar-refractivity contribution is -0.384. The second kappa shape index (κ2) is 9.62. The van der Waals surface area contributed by atoms with Crippen molar-refractivity contribution in [2.45, 2.75) is 5.16 Å². The van der Waals surface area contributed by atoms with Crippen LogP contribution in [0.4, 0.5) is 10.8 Å². The van der Waals surface area contributed by atoms with E-state index in [9.17, 15) is 14.9 Å². The molecule has 0 aliphatic rings. The van der Waals surface area contributed by atoms with E-state index in [1.807, 2.05) is 35.0 Å². The van der Waals surface area contributed by atoms with Crippen molar-refractivity contribution in [3.8, 4) is 22.7 Å². The third-order valence-electron chi connectivity index (χ3n) is 4.37. The number of methoxy groups -OCH3 is 1. The number of ether oxygens (including phenoxy) is 1. The molecule has 1 amide bonds. The van der Waals surface area contributed by atoms with Gasteiger partial charge in [-0.25, -0.2) is 9.97 Å². The lowest BCUT2D eigenvalue weighted by atomic mass is 10.1. The minimum absolute atomic E-state index is 0.0102. The summed E-state index contributed by atoms with van der Waals surface area (Å²) < 4.78 is 7.14. The highest BCUT2D eigenvalue weighted by Gasteiger charge is 2.13. The summed E-state index contributed by atoms with van der Waals surface area (Å²) in [7, 11) is 1.61. The number of non-ortho nitro benzene ring substituents is 1. The molecule has 4 rings (SSSR count). The number of rotatable bonds is 8. The van der Waals surface area contributed by atoms with Gasteiger partial charge in [0, 0.05) is 41.5 Å². The van der Waals surface area contributed by atoms with Crippen LogP contribution in [0.2, 0.25) is 0 Å². The Morgan fingerprint density at radius 1 is 1.28 bits per heavy atom. The molecule has 0 radical (unpaired) electrons. The predicted molar refractivity (Wildman–Crippen MR) is 124 cm³/mol. The zero-order valence-corrected chi connectivity index (χ0v) is 18.4. The molecule has 11 heteroatoms. The number of imidazole rings is 1. The Hall–Kier alpha value is -3.70. The van der Waals surface area contributed by atoms with Gasteiger partial charge in [0.05, 0.1) is 29.2 Å². The summed E-state index contributed by atoms with van der Waals surface area (Å²) in [4.78, 5) is 31.6. The van der Waals surface area contributed by atoms with Crippen molar-refractivity contribution in [1.29, 1.82) is 0 Å². The molecule has 2 aromatic carbocycles. The molecule has 0 unspecified atom stereocenters. The van der Waals surface area contributed by atoms with Gasteiger partial charge in [-0.15, -0.1) is 11.3 Å². The fraction of sp³-hybridized carbons (Fsp3) is 0.0952. The number of carbonyl (C=O) groups is 1. The molecular formula is C21H17N5O4S2. The van der Waals surface area contributed by atoms with E-state index < -0.39 is 4.92 Å². The van der Waals surface area contributed by atoms with Crippen LogP contribution in [-0.4, -0.2) is 38.2 Å². The molecule has 1 N–H and O–H groups in total. The number of benzene rings is 2. The number of nitrogens with one attached hydrogen (secondary N) is 1. The first-order valence-corrected chi connectivity index (χ1v) is 11.2. The van der Waals surface area contributed by atoms with Crippen LogP contribution in [0.25, 0.3) is 16.9 Å². The maximum Gasteiger partial charge on any atom is 0.270 e. The van der Waals surface area contributed by atoms with E-state index in [1.165, 1.54) is 35.2 Å². The molecule has 0 saturated heterocycles. The molecule has 32 heavy (non-hydrogen) atoms. The molecule has 0 fully saturated rings. The van der Waals surface area contributed by atoms with Crippen LogP contribution < -0.4 is 10.1 Å². The highest BCUT2D eigenvalue weighted by atomic mass is 32.2. The van der Waals surface area contributed by atoms with Gasteiger partial charge in [-0.3, -0.25) is 19.5 Å². The van der Waals surface area contributed by atoms with Gasteiger partial charge >= 0.3 is 0 Å². The van der Waals surface area contributed by atoms with Gasteiger partial charge in [0.1, 0.15) is 5.75 Å². The predicted octanol–water partition coefficient (Wildman–Crippen LogP) is 4.64. The van der Waals surface area contributed by atoms with Gasteiger partial charge in [0.25, 0.3) is 5.69 Å². The number of thiazole rings is 1. The van der Waals surface area contributed by atoms with Crippen LogP contribution in [0.3, 0.4) is 0 Å². The number of nitro groups is 1. The van der Waals surface area contributed by atoms with Crippen LogP contribution in [0, 0.1) is 10.1 Å².